The van der Waals surface area contributed by atoms with Crippen molar-refractivity contribution in [3.63, 3.8) is 0 Å². The number of likely N-dealkylation sites (tertiary alicyclic amines) is 1. The summed E-state index contributed by atoms with van der Waals surface area (Å²) in [5.74, 6) is 0.518. The Kier molecular flexibility index (Phi) is 6.06. The van der Waals surface area contributed by atoms with Gasteiger partial charge in [-0.25, -0.2) is 0 Å². The third-order valence-corrected chi connectivity index (χ3v) is 4.28. The van der Waals surface area contributed by atoms with Crippen molar-refractivity contribution in [3.05, 3.63) is 24.3 Å². The predicted molar refractivity (Wildman–Crippen MR) is 89.3 cm³/mol. The molecule has 24 heavy (non-hydrogen) atoms. The molecule has 0 spiro atoms. The van der Waals surface area contributed by atoms with Gasteiger partial charge in [0.1, 0.15) is 0 Å². The van der Waals surface area contributed by atoms with Crippen molar-refractivity contribution in [3.8, 4) is 11.5 Å². The summed E-state index contributed by atoms with van der Waals surface area (Å²) in [6, 6.07) is 7.45. The van der Waals surface area contributed by atoms with Crippen LogP contribution in [0.5, 0.6) is 11.5 Å². The fraction of sp³-hybridized carbons (Fsp3) is 0.556. The van der Waals surface area contributed by atoms with Gasteiger partial charge in [-0.1, -0.05) is 12.1 Å². The fourth-order valence-electron chi connectivity index (χ4n) is 2.76. The van der Waals surface area contributed by atoms with Gasteiger partial charge in [0, 0.05) is 19.5 Å². The SMILES string of the molecule is CCOc1ccccc1OCCCC(=O)N1CCC(C)(C(=O)O)C1. The van der Waals surface area contributed by atoms with E-state index in [2.05, 4.69) is 0 Å². The van der Waals surface area contributed by atoms with Crippen LogP contribution in [0.3, 0.4) is 0 Å². The second-order valence-corrected chi connectivity index (χ2v) is 6.26. The summed E-state index contributed by atoms with van der Waals surface area (Å²) in [5.41, 5.74) is -0.817. The van der Waals surface area contributed by atoms with E-state index in [1.807, 2.05) is 31.2 Å². The van der Waals surface area contributed by atoms with Crippen molar-refractivity contribution >= 4 is 11.9 Å². The van der Waals surface area contributed by atoms with Crippen LogP contribution in [0.25, 0.3) is 0 Å². The first kappa shape index (κ1) is 18.1. The number of hydrogen-bond donors (Lipinski definition) is 1. The molecule has 0 radical (unpaired) electrons. The van der Waals surface area contributed by atoms with Gasteiger partial charge in [0.25, 0.3) is 0 Å². The van der Waals surface area contributed by atoms with Gasteiger partial charge in [0.2, 0.25) is 5.91 Å². The minimum absolute atomic E-state index is 0.0123. The van der Waals surface area contributed by atoms with E-state index in [9.17, 15) is 14.7 Å². The Hall–Kier alpha value is -2.24. The lowest BCUT2D eigenvalue weighted by atomic mass is 9.90. The fourth-order valence-corrected chi connectivity index (χ4v) is 2.76. The number of carboxylic acids is 1. The molecule has 1 amide bonds. The van der Waals surface area contributed by atoms with E-state index in [4.69, 9.17) is 9.47 Å². The molecular formula is C18H25NO5. The maximum atomic E-state index is 12.2. The van der Waals surface area contributed by atoms with Crippen LogP contribution < -0.4 is 9.47 Å². The van der Waals surface area contributed by atoms with Gasteiger partial charge < -0.3 is 19.5 Å². The Bertz CT molecular complexity index is 589. The third kappa shape index (κ3) is 4.40. The van der Waals surface area contributed by atoms with Gasteiger partial charge >= 0.3 is 5.97 Å². The average Bonchev–Trinajstić information content (AvgIpc) is 2.97. The van der Waals surface area contributed by atoms with Gasteiger partial charge in [0.15, 0.2) is 11.5 Å². The molecule has 1 heterocycles. The van der Waals surface area contributed by atoms with Crippen molar-refractivity contribution in [1.29, 1.82) is 0 Å². The minimum atomic E-state index is -0.839. The zero-order chi connectivity index (χ0) is 17.6. The molecule has 1 aromatic rings. The smallest absolute Gasteiger partial charge is 0.311 e. The minimum Gasteiger partial charge on any atom is -0.490 e. The number of rotatable bonds is 8. The molecule has 1 aliphatic rings. The lowest BCUT2D eigenvalue weighted by Crippen LogP contribution is -2.34. The molecule has 0 bridgehead atoms. The molecule has 132 valence electrons. The van der Waals surface area contributed by atoms with E-state index >= 15 is 0 Å². The molecule has 2 rings (SSSR count). The summed E-state index contributed by atoms with van der Waals surface area (Å²) in [4.78, 5) is 25.1. The number of ether oxygens (including phenoxy) is 2. The number of aliphatic carboxylic acids is 1. The lowest BCUT2D eigenvalue weighted by molar-refractivity contribution is -0.147. The molecule has 0 aromatic heterocycles. The molecular weight excluding hydrogens is 310 g/mol. The molecule has 1 fully saturated rings. The number of carboxylic acid groups (broad SMARTS) is 1. The van der Waals surface area contributed by atoms with Crippen LogP contribution in [0.1, 0.15) is 33.1 Å². The predicted octanol–water partition coefficient (Wildman–Crippen LogP) is 2.57. The van der Waals surface area contributed by atoms with Crippen molar-refractivity contribution in [1.82, 2.24) is 4.90 Å². The highest BCUT2D eigenvalue weighted by Gasteiger charge is 2.41. The lowest BCUT2D eigenvalue weighted by Gasteiger charge is -2.20. The van der Waals surface area contributed by atoms with Crippen LogP contribution in [-0.2, 0) is 9.59 Å². The Morgan fingerprint density at radius 2 is 1.92 bits per heavy atom. The van der Waals surface area contributed by atoms with E-state index in [0.717, 1.165) is 0 Å². The van der Waals surface area contributed by atoms with E-state index in [0.29, 0.717) is 50.5 Å². The largest absolute Gasteiger partial charge is 0.490 e. The molecule has 1 atom stereocenters. The van der Waals surface area contributed by atoms with Crippen LogP contribution in [0, 0.1) is 5.41 Å². The molecule has 1 aromatic carbocycles. The maximum Gasteiger partial charge on any atom is 0.311 e. The highest BCUT2D eigenvalue weighted by molar-refractivity contribution is 5.80. The molecule has 0 aliphatic carbocycles. The summed E-state index contributed by atoms with van der Waals surface area (Å²) in [5, 5.41) is 9.21. The molecule has 6 nitrogen and oxygen atoms in total. The normalized spacial score (nSPS) is 20.0. The second-order valence-electron chi connectivity index (χ2n) is 6.26. The van der Waals surface area contributed by atoms with Crippen LogP contribution in [0.4, 0.5) is 0 Å². The van der Waals surface area contributed by atoms with Crippen LogP contribution in [-0.4, -0.2) is 48.2 Å². The zero-order valence-corrected chi connectivity index (χ0v) is 14.3. The number of hydrogen-bond acceptors (Lipinski definition) is 4. The summed E-state index contributed by atoms with van der Waals surface area (Å²) >= 11 is 0. The van der Waals surface area contributed by atoms with Gasteiger partial charge in [-0.2, -0.15) is 0 Å². The number of carbonyl (C=O) groups is 2. The standard InChI is InChI=1S/C18H25NO5/c1-3-23-14-7-4-5-8-15(14)24-12-6-9-16(20)19-11-10-18(2,13-19)17(21)22/h4-5,7-8H,3,6,9-13H2,1-2H3,(H,21,22). The number of nitrogens with zero attached hydrogens (tertiary/aromatic N) is 1. The first-order valence-electron chi connectivity index (χ1n) is 8.32. The summed E-state index contributed by atoms with van der Waals surface area (Å²) in [6.07, 6.45) is 1.44. The van der Waals surface area contributed by atoms with Crippen molar-refractivity contribution < 1.29 is 24.2 Å². The molecule has 1 saturated heterocycles. The van der Waals surface area contributed by atoms with Gasteiger partial charge in [0.05, 0.1) is 18.6 Å². The highest BCUT2D eigenvalue weighted by atomic mass is 16.5. The quantitative estimate of drug-likeness (QED) is 0.739. The van der Waals surface area contributed by atoms with Crippen molar-refractivity contribution in [2.45, 2.75) is 33.1 Å². The van der Waals surface area contributed by atoms with E-state index < -0.39 is 11.4 Å². The monoisotopic (exact) mass is 335 g/mol. The average molecular weight is 335 g/mol. The molecule has 1 N–H and O–H groups in total. The van der Waals surface area contributed by atoms with Gasteiger partial charge in [-0.05, 0) is 38.8 Å². The molecule has 1 aliphatic heterocycles. The van der Waals surface area contributed by atoms with E-state index in [1.54, 1.807) is 11.8 Å². The van der Waals surface area contributed by atoms with E-state index in [1.165, 1.54) is 0 Å². The number of carbonyl (C=O) groups excluding carboxylic acids is 1. The van der Waals surface area contributed by atoms with Gasteiger partial charge in [-0.3, -0.25) is 9.59 Å². The van der Waals surface area contributed by atoms with Crippen molar-refractivity contribution in [2.24, 2.45) is 5.41 Å². The topological polar surface area (TPSA) is 76.1 Å². The first-order valence-corrected chi connectivity index (χ1v) is 8.32. The number of benzene rings is 1. The molecule has 1 unspecified atom stereocenters. The Labute approximate surface area is 142 Å². The first-order chi connectivity index (χ1) is 11.5. The number of amides is 1. The summed E-state index contributed by atoms with van der Waals surface area (Å²) < 4.78 is 11.2. The number of para-hydroxylation sites is 2. The second kappa shape index (κ2) is 8.04. The van der Waals surface area contributed by atoms with E-state index in [-0.39, 0.29) is 12.5 Å². The summed E-state index contributed by atoms with van der Waals surface area (Å²) in [7, 11) is 0. The van der Waals surface area contributed by atoms with Crippen LogP contribution in [0.15, 0.2) is 24.3 Å². The highest BCUT2D eigenvalue weighted by Crippen LogP contribution is 2.30. The van der Waals surface area contributed by atoms with Crippen molar-refractivity contribution in [2.75, 3.05) is 26.3 Å². The van der Waals surface area contributed by atoms with Gasteiger partial charge in [-0.15, -0.1) is 0 Å². The Morgan fingerprint density at radius 1 is 1.25 bits per heavy atom. The third-order valence-electron chi connectivity index (χ3n) is 4.28. The van der Waals surface area contributed by atoms with Crippen LogP contribution in [0.2, 0.25) is 0 Å². The zero-order valence-electron chi connectivity index (χ0n) is 14.3. The Morgan fingerprint density at radius 3 is 2.50 bits per heavy atom. The Balaban J connectivity index is 1.75. The molecule has 6 heteroatoms. The maximum absolute atomic E-state index is 12.2. The van der Waals surface area contributed by atoms with Crippen LogP contribution >= 0.6 is 0 Å². The molecule has 0 saturated carbocycles. The summed E-state index contributed by atoms with van der Waals surface area (Å²) in [6.45, 7) is 5.38.